The van der Waals surface area contributed by atoms with E-state index in [-0.39, 0.29) is 28.7 Å². The third-order valence-corrected chi connectivity index (χ3v) is 8.14. The van der Waals surface area contributed by atoms with Crippen molar-refractivity contribution in [1.82, 2.24) is 15.1 Å². The second-order valence-corrected chi connectivity index (χ2v) is 11.4. The van der Waals surface area contributed by atoms with Gasteiger partial charge in [0.25, 0.3) is 5.91 Å². The molecule has 0 spiro atoms. The fourth-order valence-corrected chi connectivity index (χ4v) is 5.36. The first-order chi connectivity index (χ1) is 21.4. The molecule has 1 saturated heterocycles. The van der Waals surface area contributed by atoms with Crippen LogP contribution in [0.25, 0.3) is 22.3 Å². The molecular weight excluding hydrogens is 610 g/mol. The summed E-state index contributed by atoms with van der Waals surface area (Å²) in [5, 5.41) is 13.3. The Hall–Kier alpha value is -4.41. The normalized spacial score (nSPS) is 14.7. The van der Waals surface area contributed by atoms with Gasteiger partial charge in [-0.05, 0) is 71.3 Å². The number of likely N-dealkylation sites (N-methyl/N-ethyl adjacent to an activating group) is 1. The van der Waals surface area contributed by atoms with Crippen LogP contribution in [0.5, 0.6) is 5.75 Å². The van der Waals surface area contributed by atoms with Gasteiger partial charge in [0.05, 0.1) is 16.1 Å². The predicted octanol–water partition coefficient (Wildman–Crippen LogP) is 6.65. The van der Waals surface area contributed by atoms with E-state index >= 15 is 0 Å². The van der Waals surface area contributed by atoms with Gasteiger partial charge in [-0.15, -0.1) is 0 Å². The highest BCUT2D eigenvalue weighted by Gasteiger charge is 2.31. The predicted molar refractivity (Wildman–Crippen MR) is 164 cm³/mol. The van der Waals surface area contributed by atoms with Crippen molar-refractivity contribution < 1.29 is 32.3 Å². The average molecular weight is 640 g/mol. The van der Waals surface area contributed by atoms with Crippen molar-refractivity contribution in [2.75, 3.05) is 33.2 Å². The van der Waals surface area contributed by atoms with Gasteiger partial charge in [-0.3, -0.25) is 9.59 Å². The third kappa shape index (κ3) is 7.64. The molecule has 6 nitrogen and oxygen atoms in total. The van der Waals surface area contributed by atoms with E-state index in [0.29, 0.717) is 37.3 Å². The summed E-state index contributed by atoms with van der Waals surface area (Å²) < 4.78 is 52.7. The number of phenolic OH excluding ortho intramolecular Hbond substituents is 1. The van der Waals surface area contributed by atoms with E-state index < -0.39 is 29.5 Å². The van der Waals surface area contributed by atoms with Crippen molar-refractivity contribution in [3.05, 3.63) is 112 Å². The highest BCUT2D eigenvalue weighted by atomic mass is 35.5. The van der Waals surface area contributed by atoms with Gasteiger partial charge < -0.3 is 20.2 Å². The quantitative estimate of drug-likeness (QED) is 0.222. The van der Waals surface area contributed by atoms with Crippen LogP contribution in [0.1, 0.15) is 21.5 Å². The zero-order valence-electron chi connectivity index (χ0n) is 24.2. The molecular formula is C34H30ClF4N3O3. The molecule has 1 unspecified atom stereocenters. The van der Waals surface area contributed by atoms with Crippen LogP contribution in [0.3, 0.4) is 0 Å². The van der Waals surface area contributed by atoms with Gasteiger partial charge >= 0.3 is 6.18 Å². The van der Waals surface area contributed by atoms with Crippen LogP contribution in [0.4, 0.5) is 17.6 Å². The molecule has 1 aliphatic heterocycles. The van der Waals surface area contributed by atoms with Crippen molar-refractivity contribution >= 4 is 23.4 Å². The summed E-state index contributed by atoms with van der Waals surface area (Å²) in [5.74, 6) is -1.83. The first-order valence-corrected chi connectivity index (χ1v) is 14.6. The molecule has 0 bridgehead atoms. The molecule has 1 fully saturated rings. The number of halogens is 5. The Morgan fingerprint density at radius 3 is 2.00 bits per heavy atom. The van der Waals surface area contributed by atoms with Gasteiger partial charge in [-0.25, -0.2) is 4.39 Å². The Bertz CT molecular complexity index is 1690. The maximum absolute atomic E-state index is 13.7. The summed E-state index contributed by atoms with van der Waals surface area (Å²) >= 11 is 5.94. The molecule has 2 amide bonds. The number of aromatic hydroxyl groups is 1. The molecule has 5 rings (SSSR count). The van der Waals surface area contributed by atoms with E-state index in [1.165, 1.54) is 42.5 Å². The molecule has 234 valence electrons. The van der Waals surface area contributed by atoms with Crippen LogP contribution < -0.4 is 5.32 Å². The summed E-state index contributed by atoms with van der Waals surface area (Å²) in [6.45, 7) is 2.33. The lowest BCUT2D eigenvalue weighted by Gasteiger charge is -2.35. The summed E-state index contributed by atoms with van der Waals surface area (Å²) in [7, 11) is 1.96. The standard InChI is InChI=1S/C34H30ClF4N3O3/c1-41-14-16-42(17-15-41)33(45)30(18-21-2-4-22(5-3-21)25-8-12-29(36)28(35)20-25)40-32(44)27-19-24(9-13-31(27)43)23-6-10-26(11-7-23)34(37,38)39/h2-13,19-20,30,43H,14-18H2,1H3,(H,40,44). The fourth-order valence-electron chi connectivity index (χ4n) is 5.18. The molecule has 1 aliphatic rings. The minimum atomic E-state index is -4.49. The van der Waals surface area contributed by atoms with Gasteiger partial charge in [-0.1, -0.05) is 60.1 Å². The first kappa shape index (κ1) is 32.0. The lowest BCUT2D eigenvalue weighted by molar-refractivity contribution is -0.137. The highest BCUT2D eigenvalue weighted by molar-refractivity contribution is 6.31. The molecule has 0 radical (unpaired) electrons. The van der Waals surface area contributed by atoms with Crippen LogP contribution in [-0.2, 0) is 17.4 Å². The lowest BCUT2D eigenvalue weighted by Crippen LogP contribution is -2.55. The van der Waals surface area contributed by atoms with Crippen LogP contribution >= 0.6 is 11.6 Å². The van der Waals surface area contributed by atoms with E-state index in [1.54, 1.807) is 11.0 Å². The number of carbonyl (C=O) groups is 2. The van der Waals surface area contributed by atoms with Crippen molar-refractivity contribution in [2.24, 2.45) is 0 Å². The number of nitrogens with one attached hydrogen (secondary N) is 1. The van der Waals surface area contributed by atoms with E-state index in [9.17, 15) is 32.3 Å². The first-order valence-electron chi connectivity index (χ1n) is 14.2. The summed E-state index contributed by atoms with van der Waals surface area (Å²) in [5.41, 5.74) is 2.18. The number of piperazine rings is 1. The number of benzene rings is 4. The van der Waals surface area contributed by atoms with Gasteiger partial charge in [0, 0.05) is 32.6 Å². The molecule has 2 N–H and O–H groups in total. The Kier molecular flexibility index (Phi) is 9.45. The van der Waals surface area contributed by atoms with E-state index in [0.717, 1.165) is 28.8 Å². The molecule has 1 heterocycles. The maximum Gasteiger partial charge on any atom is 0.416 e. The van der Waals surface area contributed by atoms with Gasteiger partial charge in [-0.2, -0.15) is 13.2 Å². The van der Waals surface area contributed by atoms with Crippen molar-refractivity contribution in [1.29, 1.82) is 0 Å². The summed E-state index contributed by atoms with van der Waals surface area (Å²) in [4.78, 5) is 31.0. The fraction of sp³-hybridized carbons (Fsp3) is 0.235. The topological polar surface area (TPSA) is 72.9 Å². The summed E-state index contributed by atoms with van der Waals surface area (Å²) in [6.07, 6.45) is -4.33. The average Bonchev–Trinajstić information content (AvgIpc) is 3.02. The molecule has 4 aromatic rings. The SMILES string of the molecule is CN1CCN(C(=O)C(Cc2ccc(-c3ccc(F)c(Cl)c3)cc2)NC(=O)c2cc(-c3ccc(C(F)(F)F)cc3)ccc2O)CC1. The number of rotatable bonds is 7. The minimum Gasteiger partial charge on any atom is -0.507 e. The Balaban J connectivity index is 1.39. The monoisotopic (exact) mass is 639 g/mol. The van der Waals surface area contributed by atoms with Gasteiger partial charge in [0.2, 0.25) is 5.91 Å². The second-order valence-electron chi connectivity index (χ2n) is 11.0. The highest BCUT2D eigenvalue weighted by Crippen LogP contribution is 2.32. The van der Waals surface area contributed by atoms with Crippen molar-refractivity contribution in [2.45, 2.75) is 18.6 Å². The Morgan fingerprint density at radius 1 is 0.844 bits per heavy atom. The number of nitrogens with zero attached hydrogens (tertiary/aromatic N) is 2. The van der Waals surface area contributed by atoms with Crippen LogP contribution in [-0.4, -0.2) is 66.0 Å². The number of phenols is 1. The zero-order valence-corrected chi connectivity index (χ0v) is 25.0. The van der Waals surface area contributed by atoms with Crippen molar-refractivity contribution in [3.8, 4) is 28.0 Å². The molecule has 4 aromatic carbocycles. The maximum atomic E-state index is 13.7. The van der Waals surface area contributed by atoms with Crippen LogP contribution in [0.2, 0.25) is 5.02 Å². The Morgan fingerprint density at radius 2 is 1.40 bits per heavy atom. The molecule has 0 aliphatic carbocycles. The Labute approximate surface area is 262 Å². The number of hydrogen-bond donors (Lipinski definition) is 2. The van der Waals surface area contributed by atoms with Crippen LogP contribution in [0.15, 0.2) is 84.9 Å². The molecule has 0 aromatic heterocycles. The van der Waals surface area contributed by atoms with Gasteiger partial charge in [0.1, 0.15) is 17.6 Å². The van der Waals surface area contributed by atoms with E-state index in [1.807, 2.05) is 31.3 Å². The van der Waals surface area contributed by atoms with E-state index in [4.69, 9.17) is 11.6 Å². The zero-order chi connectivity index (χ0) is 32.3. The number of amides is 2. The number of alkyl halides is 3. The number of hydrogen-bond acceptors (Lipinski definition) is 4. The number of carbonyl (C=O) groups excluding carboxylic acids is 2. The smallest absolute Gasteiger partial charge is 0.416 e. The lowest BCUT2D eigenvalue weighted by atomic mass is 9.98. The summed E-state index contributed by atoms with van der Waals surface area (Å²) in [6, 6.07) is 19.4. The molecule has 11 heteroatoms. The molecule has 0 saturated carbocycles. The molecule has 1 atom stereocenters. The van der Waals surface area contributed by atoms with Crippen molar-refractivity contribution in [3.63, 3.8) is 0 Å². The largest absolute Gasteiger partial charge is 0.507 e. The minimum absolute atomic E-state index is 0.00256. The molecule has 45 heavy (non-hydrogen) atoms. The second kappa shape index (κ2) is 13.3. The van der Waals surface area contributed by atoms with Crippen LogP contribution in [0, 0.1) is 5.82 Å². The third-order valence-electron chi connectivity index (χ3n) is 7.85. The van der Waals surface area contributed by atoms with E-state index in [2.05, 4.69) is 10.2 Å². The van der Waals surface area contributed by atoms with Gasteiger partial charge in [0.15, 0.2) is 0 Å².